The van der Waals surface area contributed by atoms with Gasteiger partial charge < -0.3 is 20.3 Å². The van der Waals surface area contributed by atoms with E-state index >= 15 is 0 Å². The molecule has 8 heteroatoms. The molecule has 0 radical (unpaired) electrons. The fraction of sp³-hybridized carbons (Fsp3) is 0.375. The maximum absolute atomic E-state index is 12.5. The van der Waals surface area contributed by atoms with E-state index in [-0.39, 0.29) is 23.5 Å². The Labute approximate surface area is 197 Å². The van der Waals surface area contributed by atoms with Crippen molar-refractivity contribution in [1.82, 2.24) is 4.90 Å². The molecule has 3 N–H and O–H groups in total. The average Bonchev–Trinajstić information content (AvgIpc) is 3.01. The number of carbonyl (C=O) groups is 1. The lowest BCUT2D eigenvalue weighted by Gasteiger charge is -2.33. The van der Waals surface area contributed by atoms with Crippen LogP contribution in [-0.4, -0.2) is 40.0 Å². The minimum Gasteiger partial charge on any atom is -0.458 e. The highest BCUT2D eigenvalue weighted by Gasteiger charge is 2.37. The Morgan fingerprint density at radius 1 is 1.03 bits per heavy atom. The minimum absolute atomic E-state index is 0.0236. The second-order valence-corrected chi connectivity index (χ2v) is 9.21. The summed E-state index contributed by atoms with van der Waals surface area (Å²) in [6, 6.07) is 14.2. The van der Waals surface area contributed by atoms with Gasteiger partial charge in [0.1, 0.15) is 17.7 Å². The van der Waals surface area contributed by atoms with Crippen molar-refractivity contribution in [3.63, 3.8) is 0 Å². The van der Waals surface area contributed by atoms with Gasteiger partial charge in [-0.15, -0.1) is 0 Å². The van der Waals surface area contributed by atoms with Crippen molar-refractivity contribution >= 4 is 34.8 Å². The summed E-state index contributed by atoms with van der Waals surface area (Å²) in [6.45, 7) is 0.509. The molecular weight excluding hydrogens is 451 g/mol. The highest BCUT2D eigenvalue weighted by molar-refractivity contribution is 6.34. The van der Waals surface area contributed by atoms with Gasteiger partial charge in [-0.3, -0.25) is 4.79 Å². The molecule has 4 rings (SSSR count). The van der Waals surface area contributed by atoms with Gasteiger partial charge in [0.05, 0.1) is 0 Å². The number of ether oxygens (including phenoxy) is 1. The second kappa shape index (κ2) is 10.2. The lowest BCUT2D eigenvalue weighted by Crippen LogP contribution is -2.42. The van der Waals surface area contributed by atoms with Gasteiger partial charge in [0, 0.05) is 34.3 Å². The number of carbonyl (C=O) groups excluding carboxylic acids is 1. The quantitative estimate of drug-likeness (QED) is 0.564. The van der Waals surface area contributed by atoms with E-state index in [0.29, 0.717) is 22.3 Å². The van der Waals surface area contributed by atoms with Gasteiger partial charge in [0.15, 0.2) is 6.23 Å². The fourth-order valence-electron chi connectivity index (χ4n) is 4.33. The molecular formula is C24H26Cl2N2O4. The molecule has 2 aromatic rings. The minimum atomic E-state index is -1.07. The van der Waals surface area contributed by atoms with Crippen molar-refractivity contribution in [3.05, 3.63) is 70.4 Å². The monoisotopic (exact) mass is 476 g/mol. The zero-order valence-corrected chi connectivity index (χ0v) is 19.0. The second-order valence-electron chi connectivity index (χ2n) is 8.33. The summed E-state index contributed by atoms with van der Waals surface area (Å²) in [5, 5.41) is 25.0. The molecule has 1 fully saturated rings. The van der Waals surface area contributed by atoms with Crippen molar-refractivity contribution in [2.45, 2.75) is 38.1 Å². The summed E-state index contributed by atoms with van der Waals surface area (Å²) in [4.78, 5) is 14.1. The van der Waals surface area contributed by atoms with Crippen LogP contribution in [0.3, 0.4) is 0 Å². The molecule has 1 aliphatic heterocycles. The summed E-state index contributed by atoms with van der Waals surface area (Å²) in [7, 11) is 0. The van der Waals surface area contributed by atoms with E-state index in [1.165, 1.54) is 6.08 Å². The van der Waals surface area contributed by atoms with E-state index in [1.807, 2.05) is 30.3 Å². The lowest BCUT2D eigenvalue weighted by atomic mass is 9.81. The summed E-state index contributed by atoms with van der Waals surface area (Å²) >= 11 is 12.0. The Balaban J connectivity index is 1.28. The molecule has 1 heterocycles. The number of para-hydroxylation sites is 1. The first-order valence-corrected chi connectivity index (χ1v) is 11.5. The van der Waals surface area contributed by atoms with E-state index in [0.717, 1.165) is 31.4 Å². The SMILES string of the molecule is O=C(Nc1ccccc1)C1CCC(CN2C(O)C=C(Oc3cc(Cl)cc(Cl)c3)C2O)CC1. The van der Waals surface area contributed by atoms with Gasteiger partial charge >= 0.3 is 0 Å². The molecule has 1 aliphatic carbocycles. The number of benzene rings is 2. The van der Waals surface area contributed by atoms with Gasteiger partial charge in [0.25, 0.3) is 0 Å². The molecule has 2 atom stereocenters. The highest BCUT2D eigenvalue weighted by Crippen LogP contribution is 2.34. The Hall–Kier alpha value is -2.09. The smallest absolute Gasteiger partial charge is 0.227 e. The molecule has 32 heavy (non-hydrogen) atoms. The van der Waals surface area contributed by atoms with Crippen molar-refractivity contribution in [1.29, 1.82) is 0 Å². The van der Waals surface area contributed by atoms with Crippen LogP contribution in [0.4, 0.5) is 5.69 Å². The maximum atomic E-state index is 12.5. The van der Waals surface area contributed by atoms with Gasteiger partial charge in [0.2, 0.25) is 5.91 Å². The number of halogens is 2. The van der Waals surface area contributed by atoms with Crippen LogP contribution in [0.15, 0.2) is 60.4 Å². The first kappa shape index (κ1) is 23.1. The molecule has 0 aromatic heterocycles. The van der Waals surface area contributed by atoms with Crippen LogP contribution >= 0.6 is 23.2 Å². The molecule has 1 amide bonds. The van der Waals surface area contributed by atoms with Crippen LogP contribution in [0.2, 0.25) is 10.0 Å². The molecule has 0 bridgehead atoms. The van der Waals surface area contributed by atoms with Gasteiger partial charge in [-0.1, -0.05) is 41.4 Å². The van der Waals surface area contributed by atoms with Crippen molar-refractivity contribution in [2.75, 3.05) is 11.9 Å². The number of aliphatic hydroxyl groups excluding tert-OH is 2. The molecule has 6 nitrogen and oxygen atoms in total. The predicted octanol–water partition coefficient (Wildman–Crippen LogP) is 4.65. The Bertz CT molecular complexity index is 957. The van der Waals surface area contributed by atoms with Crippen molar-refractivity contribution in [3.8, 4) is 5.75 Å². The Morgan fingerprint density at radius 3 is 2.34 bits per heavy atom. The number of hydrogen-bond donors (Lipinski definition) is 3. The number of amides is 1. The summed E-state index contributed by atoms with van der Waals surface area (Å²) in [5.41, 5.74) is 0.808. The van der Waals surface area contributed by atoms with Gasteiger partial charge in [-0.25, -0.2) is 4.90 Å². The number of nitrogens with zero attached hydrogens (tertiary/aromatic N) is 1. The zero-order valence-electron chi connectivity index (χ0n) is 17.5. The molecule has 2 aliphatic rings. The number of hydrogen-bond acceptors (Lipinski definition) is 5. The van der Waals surface area contributed by atoms with Gasteiger partial charge in [-0.05, 0) is 61.9 Å². The molecule has 0 spiro atoms. The fourth-order valence-corrected chi connectivity index (χ4v) is 4.83. The molecule has 1 saturated carbocycles. The van der Waals surface area contributed by atoms with E-state index in [9.17, 15) is 15.0 Å². The van der Waals surface area contributed by atoms with E-state index in [4.69, 9.17) is 27.9 Å². The third-order valence-electron chi connectivity index (χ3n) is 6.02. The highest BCUT2D eigenvalue weighted by atomic mass is 35.5. The normalized spacial score (nSPS) is 25.9. The standard InChI is InChI=1S/C24H26Cl2N2O4/c25-17-10-18(26)12-20(11-17)32-21-13-22(29)28(24(21)31)14-15-6-8-16(9-7-15)23(30)27-19-4-2-1-3-5-19/h1-5,10-13,15-16,22,24,29,31H,6-9,14H2,(H,27,30). The van der Waals surface area contributed by atoms with Crippen LogP contribution in [0.1, 0.15) is 25.7 Å². The van der Waals surface area contributed by atoms with Crippen molar-refractivity contribution in [2.24, 2.45) is 11.8 Å². The number of anilines is 1. The molecule has 0 saturated heterocycles. The van der Waals surface area contributed by atoms with E-state index in [1.54, 1.807) is 23.1 Å². The van der Waals surface area contributed by atoms with E-state index in [2.05, 4.69) is 5.32 Å². The number of rotatable bonds is 6. The third kappa shape index (κ3) is 5.63. The maximum Gasteiger partial charge on any atom is 0.227 e. The van der Waals surface area contributed by atoms with Crippen LogP contribution in [-0.2, 0) is 4.79 Å². The summed E-state index contributed by atoms with van der Waals surface area (Å²) in [6.07, 6.45) is 2.72. The molecule has 2 unspecified atom stereocenters. The van der Waals surface area contributed by atoms with E-state index < -0.39 is 12.5 Å². The molecule has 170 valence electrons. The summed E-state index contributed by atoms with van der Waals surface area (Å²) in [5.74, 6) is 0.935. The van der Waals surface area contributed by atoms with Crippen LogP contribution in [0.5, 0.6) is 5.75 Å². The molecule has 2 aromatic carbocycles. The Morgan fingerprint density at radius 2 is 1.69 bits per heavy atom. The largest absolute Gasteiger partial charge is 0.458 e. The topological polar surface area (TPSA) is 82.0 Å². The summed E-state index contributed by atoms with van der Waals surface area (Å²) < 4.78 is 5.73. The predicted molar refractivity (Wildman–Crippen MR) is 124 cm³/mol. The average molecular weight is 477 g/mol. The Kier molecular flexibility index (Phi) is 7.38. The van der Waals surface area contributed by atoms with Gasteiger partial charge in [-0.2, -0.15) is 0 Å². The third-order valence-corrected chi connectivity index (χ3v) is 6.46. The first-order chi connectivity index (χ1) is 15.4. The zero-order chi connectivity index (χ0) is 22.7. The van der Waals surface area contributed by atoms with Crippen LogP contribution in [0.25, 0.3) is 0 Å². The van der Waals surface area contributed by atoms with Crippen LogP contribution in [0, 0.1) is 11.8 Å². The first-order valence-electron chi connectivity index (χ1n) is 10.7. The number of nitrogens with one attached hydrogen (secondary N) is 1. The number of aliphatic hydroxyl groups is 2. The van der Waals surface area contributed by atoms with Crippen LogP contribution < -0.4 is 10.1 Å². The van der Waals surface area contributed by atoms with Crippen molar-refractivity contribution < 1.29 is 19.7 Å². The lowest BCUT2D eigenvalue weighted by molar-refractivity contribution is -0.121.